The van der Waals surface area contributed by atoms with Crippen LogP contribution < -0.4 is 10.6 Å². The van der Waals surface area contributed by atoms with Gasteiger partial charge in [-0.05, 0) is 30.7 Å². The number of rotatable bonds is 4. The molecule has 1 aromatic heterocycles. The number of nitrogens with one attached hydrogen (secondary N) is 2. The Morgan fingerprint density at radius 3 is 2.79 bits per heavy atom. The summed E-state index contributed by atoms with van der Waals surface area (Å²) in [5, 5.41) is 10.3. The minimum atomic E-state index is -0.0631. The van der Waals surface area contributed by atoms with Crippen LogP contribution in [0.15, 0.2) is 30.5 Å². The Kier molecular flexibility index (Phi) is 3.85. The van der Waals surface area contributed by atoms with Gasteiger partial charge in [-0.3, -0.25) is 9.48 Å². The zero-order chi connectivity index (χ0) is 13.8. The molecular formula is C14H18N4O. The molecule has 2 aromatic rings. The van der Waals surface area contributed by atoms with Gasteiger partial charge in [0.05, 0.1) is 12.2 Å². The molecule has 0 saturated heterocycles. The summed E-state index contributed by atoms with van der Waals surface area (Å²) in [6.45, 7) is 4.17. The molecule has 1 aromatic carbocycles. The van der Waals surface area contributed by atoms with Crippen molar-refractivity contribution in [3.05, 3.63) is 41.7 Å². The van der Waals surface area contributed by atoms with Crippen molar-refractivity contribution in [3.8, 4) is 0 Å². The van der Waals surface area contributed by atoms with Crippen molar-refractivity contribution >= 4 is 17.3 Å². The Balaban J connectivity index is 2.08. The Hall–Kier alpha value is -2.30. The smallest absolute Gasteiger partial charge is 0.221 e. The van der Waals surface area contributed by atoms with Crippen molar-refractivity contribution in [3.63, 3.8) is 0 Å². The van der Waals surface area contributed by atoms with Crippen LogP contribution in [0.2, 0.25) is 0 Å². The zero-order valence-corrected chi connectivity index (χ0v) is 11.4. The highest BCUT2D eigenvalue weighted by Gasteiger charge is 2.03. The highest BCUT2D eigenvalue weighted by Crippen LogP contribution is 2.20. The molecule has 0 fully saturated rings. The quantitative estimate of drug-likeness (QED) is 0.884. The predicted octanol–water partition coefficient (Wildman–Crippen LogP) is 2.30. The summed E-state index contributed by atoms with van der Waals surface area (Å²) in [5.74, 6) is -0.0631. The molecule has 0 saturated carbocycles. The lowest BCUT2D eigenvalue weighted by Crippen LogP contribution is -2.09. The first-order chi connectivity index (χ1) is 9.06. The normalized spacial score (nSPS) is 10.3. The maximum atomic E-state index is 11.1. The van der Waals surface area contributed by atoms with Gasteiger partial charge in [-0.2, -0.15) is 5.10 Å². The van der Waals surface area contributed by atoms with Crippen LogP contribution in [0.1, 0.15) is 18.2 Å². The van der Waals surface area contributed by atoms with E-state index >= 15 is 0 Å². The van der Waals surface area contributed by atoms with Crippen molar-refractivity contribution in [2.75, 3.05) is 10.6 Å². The molecule has 2 rings (SSSR count). The number of anilines is 2. The van der Waals surface area contributed by atoms with Gasteiger partial charge >= 0.3 is 0 Å². The highest BCUT2D eigenvalue weighted by molar-refractivity contribution is 5.90. The number of hydrogen-bond acceptors (Lipinski definition) is 3. The van der Waals surface area contributed by atoms with Crippen molar-refractivity contribution in [2.45, 2.75) is 20.4 Å². The molecule has 2 N–H and O–H groups in total. The zero-order valence-electron chi connectivity index (χ0n) is 11.4. The number of carbonyl (C=O) groups excluding carboxylic acids is 1. The Bertz CT molecular complexity index is 589. The molecule has 1 amide bonds. The lowest BCUT2D eigenvalue weighted by Gasteiger charge is -2.11. The molecular weight excluding hydrogens is 240 g/mol. The lowest BCUT2D eigenvalue weighted by molar-refractivity contribution is -0.114. The molecule has 0 aliphatic carbocycles. The first-order valence-electron chi connectivity index (χ1n) is 6.15. The fraction of sp³-hybridized carbons (Fsp3) is 0.286. The number of aryl methyl sites for hydroxylation is 2. The summed E-state index contributed by atoms with van der Waals surface area (Å²) in [4.78, 5) is 11.1. The monoisotopic (exact) mass is 258 g/mol. The van der Waals surface area contributed by atoms with E-state index in [2.05, 4.69) is 15.7 Å². The summed E-state index contributed by atoms with van der Waals surface area (Å²) >= 11 is 0. The fourth-order valence-corrected chi connectivity index (χ4v) is 1.82. The average Bonchev–Trinajstić information content (AvgIpc) is 2.75. The summed E-state index contributed by atoms with van der Waals surface area (Å²) in [5.41, 5.74) is 3.95. The van der Waals surface area contributed by atoms with Crippen LogP contribution in [0.5, 0.6) is 0 Å². The third-order valence-electron chi connectivity index (χ3n) is 2.94. The van der Waals surface area contributed by atoms with E-state index in [1.807, 2.05) is 42.9 Å². The summed E-state index contributed by atoms with van der Waals surface area (Å²) < 4.78 is 1.83. The summed E-state index contributed by atoms with van der Waals surface area (Å²) in [6, 6.07) is 7.89. The molecule has 5 nitrogen and oxygen atoms in total. The highest BCUT2D eigenvalue weighted by atomic mass is 16.1. The van der Waals surface area contributed by atoms with Crippen LogP contribution in [0, 0.1) is 6.92 Å². The molecule has 5 heteroatoms. The van der Waals surface area contributed by atoms with Crippen molar-refractivity contribution in [2.24, 2.45) is 7.05 Å². The second-order valence-corrected chi connectivity index (χ2v) is 4.51. The molecule has 1 heterocycles. The van der Waals surface area contributed by atoms with Gasteiger partial charge in [-0.25, -0.2) is 0 Å². The van der Waals surface area contributed by atoms with E-state index < -0.39 is 0 Å². The van der Waals surface area contributed by atoms with Crippen LogP contribution in [0.4, 0.5) is 11.4 Å². The standard InChI is InChI=1S/C14H18N4O/c1-10-4-5-12(8-14(10)17-11(2)19)15-9-13-6-7-16-18(13)3/h4-8,15H,9H2,1-3H3,(H,17,19). The van der Waals surface area contributed by atoms with Gasteiger partial charge in [-0.1, -0.05) is 6.07 Å². The van der Waals surface area contributed by atoms with Gasteiger partial charge in [0, 0.05) is 31.5 Å². The van der Waals surface area contributed by atoms with E-state index in [1.165, 1.54) is 6.92 Å². The molecule has 0 aliphatic rings. The molecule has 0 atom stereocenters. The third kappa shape index (κ3) is 3.34. The van der Waals surface area contributed by atoms with Gasteiger partial charge in [0.2, 0.25) is 5.91 Å². The molecule has 0 aliphatic heterocycles. The number of nitrogens with zero attached hydrogens (tertiary/aromatic N) is 2. The largest absolute Gasteiger partial charge is 0.379 e. The van der Waals surface area contributed by atoms with Gasteiger partial charge < -0.3 is 10.6 Å². The molecule has 100 valence electrons. The van der Waals surface area contributed by atoms with Gasteiger partial charge in [0.25, 0.3) is 0 Å². The minimum Gasteiger partial charge on any atom is -0.379 e. The number of benzene rings is 1. The van der Waals surface area contributed by atoms with Crippen LogP contribution in [-0.2, 0) is 18.4 Å². The van der Waals surface area contributed by atoms with E-state index in [4.69, 9.17) is 0 Å². The van der Waals surface area contributed by atoms with Crippen molar-refractivity contribution in [1.82, 2.24) is 9.78 Å². The minimum absolute atomic E-state index is 0.0631. The SMILES string of the molecule is CC(=O)Nc1cc(NCc2ccnn2C)ccc1C. The molecule has 0 unspecified atom stereocenters. The van der Waals surface area contributed by atoms with Crippen LogP contribution >= 0.6 is 0 Å². The maximum Gasteiger partial charge on any atom is 0.221 e. The van der Waals surface area contributed by atoms with Gasteiger partial charge in [-0.15, -0.1) is 0 Å². The van der Waals surface area contributed by atoms with E-state index in [9.17, 15) is 4.79 Å². The fourth-order valence-electron chi connectivity index (χ4n) is 1.82. The summed E-state index contributed by atoms with van der Waals surface area (Å²) in [7, 11) is 1.91. The van der Waals surface area contributed by atoms with E-state index in [0.717, 1.165) is 22.6 Å². The van der Waals surface area contributed by atoms with E-state index in [-0.39, 0.29) is 5.91 Å². The molecule has 0 bridgehead atoms. The number of hydrogen-bond donors (Lipinski definition) is 2. The van der Waals surface area contributed by atoms with Gasteiger partial charge in [0.1, 0.15) is 0 Å². The second-order valence-electron chi connectivity index (χ2n) is 4.51. The number of carbonyl (C=O) groups is 1. The number of amides is 1. The maximum absolute atomic E-state index is 11.1. The Morgan fingerprint density at radius 1 is 1.37 bits per heavy atom. The van der Waals surface area contributed by atoms with Gasteiger partial charge in [0.15, 0.2) is 0 Å². The Morgan fingerprint density at radius 2 is 2.16 bits per heavy atom. The van der Waals surface area contributed by atoms with Crippen molar-refractivity contribution < 1.29 is 4.79 Å². The first-order valence-corrected chi connectivity index (χ1v) is 6.15. The van der Waals surface area contributed by atoms with Crippen LogP contribution in [0.3, 0.4) is 0 Å². The molecule has 0 spiro atoms. The predicted molar refractivity (Wildman–Crippen MR) is 76.0 cm³/mol. The van der Waals surface area contributed by atoms with Crippen molar-refractivity contribution in [1.29, 1.82) is 0 Å². The topological polar surface area (TPSA) is 59.0 Å². The van der Waals surface area contributed by atoms with Crippen LogP contribution in [-0.4, -0.2) is 15.7 Å². The number of aromatic nitrogens is 2. The van der Waals surface area contributed by atoms with Crippen LogP contribution in [0.25, 0.3) is 0 Å². The van der Waals surface area contributed by atoms with E-state index in [0.29, 0.717) is 6.54 Å². The average molecular weight is 258 g/mol. The first kappa shape index (κ1) is 13.1. The molecule has 19 heavy (non-hydrogen) atoms. The Labute approximate surface area is 112 Å². The second kappa shape index (κ2) is 5.56. The van der Waals surface area contributed by atoms with E-state index in [1.54, 1.807) is 6.20 Å². The third-order valence-corrected chi connectivity index (χ3v) is 2.94. The molecule has 0 radical (unpaired) electrons. The lowest BCUT2D eigenvalue weighted by atomic mass is 10.1. The summed E-state index contributed by atoms with van der Waals surface area (Å²) in [6.07, 6.45) is 1.77.